The number of carbonyl (C=O) groups is 1. The van der Waals surface area contributed by atoms with Crippen LogP contribution in [0.2, 0.25) is 0 Å². The molecule has 3 aromatic carbocycles. The lowest BCUT2D eigenvalue weighted by molar-refractivity contribution is 0.0276. The second kappa shape index (κ2) is 7.71. The van der Waals surface area contributed by atoms with Crippen LogP contribution in [0, 0.1) is 5.82 Å². The van der Waals surface area contributed by atoms with Crippen LogP contribution in [0.1, 0.15) is 29.3 Å². The van der Waals surface area contributed by atoms with Gasteiger partial charge in [0.15, 0.2) is 6.10 Å². The van der Waals surface area contributed by atoms with E-state index < -0.39 is 12.1 Å². The van der Waals surface area contributed by atoms with Crippen molar-refractivity contribution in [3.8, 4) is 17.2 Å². The van der Waals surface area contributed by atoms with E-state index in [1.165, 1.54) is 31.4 Å². The Hall–Kier alpha value is -3.74. The number of hydrogen-bond acceptors (Lipinski definition) is 6. The topological polar surface area (TPSA) is 74.5 Å². The van der Waals surface area contributed by atoms with Gasteiger partial charge in [0.05, 0.1) is 7.11 Å². The summed E-state index contributed by atoms with van der Waals surface area (Å²) in [6, 6.07) is 16.8. The molecule has 146 valence electrons. The molecule has 0 spiro atoms. The molecule has 0 fully saturated rings. The predicted octanol–water partition coefficient (Wildman–Crippen LogP) is 4.96. The predicted molar refractivity (Wildman–Crippen MR) is 104 cm³/mol. The van der Waals surface area contributed by atoms with E-state index in [4.69, 9.17) is 13.9 Å². The van der Waals surface area contributed by atoms with E-state index in [9.17, 15) is 9.18 Å². The van der Waals surface area contributed by atoms with Gasteiger partial charge in [0.1, 0.15) is 17.1 Å². The summed E-state index contributed by atoms with van der Waals surface area (Å²) in [5, 5.41) is 9.72. The molecular formula is C22H17FN2O4. The van der Waals surface area contributed by atoms with Crippen LogP contribution in [-0.4, -0.2) is 23.3 Å². The first-order chi connectivity index (χ1) is 14.0. The first-order valence-electron chi connectivity index (χ1n) is 8.92. The SMILES string of the molecule is COc1cc2ccccc2cc1C(=O)O[C@@H](C)c1nnc(-c2ccc(F)cc2)o1. The molecule has 0 saturated heterocycles. The molecule has 6 nitrogen and oxygen atoms in total. The van der Waals surface area contributed by atoms with Gasteiger partial charge in [0.2, 0.25) is 5.89 Å². The van der Waals surface area contributed by atoms with E-state index in [2.05, 4.69) is 10.2 Å². The molecular weight excluding hydrogens is 375 g/mol. The molecule has 0 saturated carbocycles. The Labute approximate surface area is 165 Å². The molecule has 0 unspecified atom stereocenters. The number of rotatable bonds is 5. The second-order valence-electron chi connectivity index (χ2n) is 6.40. The number of carbonyl (C=O) groups excluding carboxylic acids is 1. The third-order valence-corrected chi connectivity index (χ3v) is 4.45. The van der Waals surface area contributed by atoms with Crippen LogP contribution in [0.3, 0.4) is 0 Å². The summed E-state index contributed by atoms with van der Waals surface area (Å²) in [5.74, 6) is -0.163. The fourth-order valence-corrected chi connectivity index (χ4v) is 2.93. The van der Waals surface area contributed by atoms with Crippen molar-refractivity contribution in [3.05, 3.63) is 77.9 Å². The molecule has 1 heterocycles. The minimum atomic E-state index is -0.777. The Morgan fingerprint density at radius 2 is 1.72 bits per heavy atom. The second-order valence-corrected chi connectivity index (χ2v) is 6.40. The molecule has 4 rings (SSSR count). The van der Waals surface area contributed by atoms with Gasteiger partial charge in [-0.3, -0.25) is 0 Å². The van der Waals surface area contributed by atoms with E-state index in [1.807, 2.05) is 24.3 Å². The largest absolute Gasteiger partial charge is 0.496 e. The zero-order valence-electron chi connectivity index (χ0n) is 15.8. The maximum absolute atomic E-state index is 13.1. The molecule has 0 bridgehead atoms. The highest BCUT2D eigenvalue weighted by atomic mass is 19.1. The van der Waals surface area contributed by atoms with Gasteiger partial charge in [-0.25, -0.2) is 9.18 Å². The van der Waals surface area contributed by atoms with Crippen molar-refractivity contribution in [2.45, 2.75) is 13.0 Å². The maximum atomic E-state index is 13.1. The van der Waals surface area contributed by atoms with Crippen LogP contribution in [-0.2, 0) is 4.74 Å². The van der Waals surface area contributed by atoms with E-state index in [0.717, 1.165) is 10.8 Å². The van der Waals surface area contributed by atoms with Gasteiger partial charge < -0.3 is 13.9 Å². The Morgan fingerprint density at radius 1 is 1.03 bits per heavy atom. The van der Waals surface area contributed by atoms with Gasteiger partial charge in [-0.2, -0.15) is 0 Å². The smallest absolute Gasteiger partial charge is 0.342 e. The number of benzene rings is 3. The average Bonchev–Trinajstić information content (AvgIpc) is 3.23. The van der Waals surface area contributed by atoms with Gasteiger partial charge in [0, 0.05) is 5.56 Å². The van der Waals surface area contributed by atoms with Gasteiger partial charge in [-0.1, -0.05) is 24.3 Å². The molecule has 0 aliphatic carbocycles. The van der Waals surface area contributed by atoms with Gasteiger partial charge in [-0.05, 0) is 54.1 Å². The van der Waals surface area contributed by atoms with Gasteiger partial charge in [-0.15, -0.1) is 10.2 Å². The molecule has 0 N–H and O–H groups in total. The summed E-state index contributed by atoms with van der Waals surface area (Å²) in [6.45, 7) is 1.63. The molecule has 4 aromatic rings. The average molecular weight is 392 g/mol. The lowest BCUT2D eigenvalue weighted by Gasteiger charge is -2.13. The first kappa shape index (κ1) is 18.6. The monoisotopic (exact) mass is 392 g/mol. The number of nitrogens with zero attached hydrogens (tertiary/aromatic N) is 2. The minimum absolute atomic E-state index is 0.137. The number of methoxy groups -OCH3 is 1. The lowest BCUT2D eigenvalue weighted by Crippen LogP contribution is -2.11. The van der Waals surface area contributed by atoms with Crippen LogP contribution in [0.25, 0.3) is 22.2 Å². The number of halogens is 1. The quantitative estimate of drug-likeness (QED) is 0.447. The van der Waals surface area contributed by atoms with Crippen LogP contribution < -0.4 is 4.74 Å². The van der Waals surface area contributed by atoms with Gasteiger partial charge in [0.25, 0.3) is 5.89 Å². The summed E-state index contributed by atoms with van der Waals surface area (Å²) < 4.78 is 29.5. The Bertz CT molecular complexity index is 1170. The number of fused-ring (bicyclic) bond motifs is 1. The molecule has 1 aromatic heterocycles. The van der Waals surface area contributed by atoms with Crippen LogP contribution in [0.4, 0.5) is 4.39 Å². The van der Waals surface area contributed by atoms with Crippen molar-refractivity contribution in [1.29, 1.82) is 0 Å². The molecule has 7 heteroatoms. The van der Waals surface area contributed by atoms with Crippen LogP contribution in [0.5, 0.6) is 5.75 Å². The van der Waals surface area contributed by atoms with Crippen molar-refractivity contribution in [2.24, 2.45) is 0 Å². The van der Waals surface area contributed by atoms with Crippen LogP contribution in [0.15, 0.2) is 65.1 Å². The van der Waals surface area contributed by atoms with E-state index in [1.54, 1.807) is 19.1 Å². The highest BCUT2D eigenvalue weighted by Crippen LogP contribution is 2.29. The summed E-state index contributed by atoms with van der Waals surface area (Å²) >= 11 is 0. The number of ether oxygens (including phenoxy) is 2. The Balaban J connectivity index is 1.56. The fraction of sp³-hybridized carbons (Fsp3) is 0.136. The number of aromatic nitrogens is 2. The zero-order chi connectivity index (χ0) is 20.4. The van der Waals surface area contributed by atoms with Crippen molar-refractivity contribution in [1.82, 2.24) is 10.2 Å². The number of hydrogen-bond donors (Lipinski definition) is 0. The van der Waals surface area contributed by atoms with Crippen LogP contribution >= 0.6 is 0 Å². The fourth-order valence-electron chi connectivity index (χ4n) is 2.93. The standard InChI is InChI=1S/C22H17FN2O4/c1-13(20-24-25-21(29-20)14-7-9-17(23)10-8-14)28-22(26)18-11-15-5-3-4-6-16(15)12-19(18)27-2/h3-13H,1-2H3/t13-/m0/s1. The van der Waals surface area contributed by atoms with Crippen molar-refractivity contribution >= 4 is 16.7 Å². The molecule has 1 atom stereocenters. The van der Waals surface area contributed by atoms with Crippen molar-refractivity contribution in [2.75, 3.05) is 7.11 Å². The van der Waals surface area contributed by atoms with Gasteiger partial charge >= 0.3 is 5.97 Å². The third kappa shape index (κ3) is 3.80. The normalized spacial score (nSPS) is 12.0. The first-order valence-corrected chi connectivity index (χ1v) is 8.92. The Kier molecular flexibility index (Phi) is 4.95. The zero-order valence-corrected chi connectivity index (χ0v) is 15.8. The van der Waals surface area contributed by atoms with E-state index in [0.29, 0.717) is 16.9 Å². The summed E-state index contributed by atoms with van der Waals surface area (Å²) in [4.78, 5) is 12.7. The maximum Gasteiger partial charge on any atom is 0.342 e. The molecule has 0 aliphatic heterocycles. The van der Waals surface area contributed by atoms with Crippen molar-refractivity contribution in [3.63, 3.8) is 0 Å². The summed E-state index contributed by atoms with van der Waals surface area (Å²) in [7, 11) is 1.50. The highest BCUT2D eigenvalue weighted by Gasteiger charge is 2.22. The molecule has 0 amide bonds. The lowest BCUT2D eigenvalue weighted by atomic mass is 10.1. The third-order valence-electron chi connectivity index (χ3n) is 4.45. The highest BCUT2D eigenvalue weighted by molar-refractivity contribution is 5.98. The molecule has 0 radical (unpaired) electrons. The molecule has 29 heavy (non-hydrogen) atoms. The summed E-state index contributed by atoms with van der Waals surface area (Å²) in [6.07, 6.45) is -0.777. The minimum Gasteiger partial charge on any atom is -0.496 e. The number of esters is 1. The van der Waals surface area contributed by atoms with Crippen molar-refractivity contribution < 1.29 is 23.1 Å². The van der Waals surface area contributed by atoms with E-state index >= 15 is 0 Å². The Morgan fingerprint density at radius 3 is 2.41 bits per heavy atom. The molecule has 0 aliphatic rings. The van der Waals surface area contributed by atoms with E-state index in [-0.39, 0.29) is 17.6 Å². The summed E-state index contributed by atoms with van der Waals surface area (Å²) in [5.41, 5.74) is 0.871.